The zero-order valence-corrected chi connectivity index (χ0v) is 11.0. The van der Waals surface area contributed by atoms with Crippen molar-refractivity contribution < 1.29 is 62.5 Å². The summed E-state index contributed by atoms with van der Waals surface area (Å²) in [5, 5.41) is 0. The Hall–Kier alpha value is -0.890. The van der Waals surface area contributed by atoms with E-state index in [0.717, 1.165) is 0 Å². The van der Waals surface area contributed by atoms with E-state index in [1.54, 1.807) is 0 Å². The molecule has 0 spiro atoms. The summed E-state index contributed by atoms with van der Waals surface area (Å²) in [6.45, 7) is -8.32. The summed E-state index contributed by atoms with van der Waals surface area (Å²) in [7, 11) is 0. The topological polar surface area (TPSA) is 27.7 Å². The first-order valence-electron chi connectivity index (χ1n) is 5.36. The Labute approximate surface area is 121 Å². The maximum atomic E-state index is 13.7. The fourth-order valence-electron chi connectivity index (χ4n) is 0.888. The maximum Gasteiger partial charge on any atom is 0.448 e. The molecule has 1 atom stereocenters. The molecule has 0 saturated carbocycles. The van der Waals surface area contributed by atoms with Crippen molar-refractivity contribution in [1.29, 1.82) is 0 Å². The molecule has 0 radical (unpaired) electrons. The van der Waals surface area contributed by atoms with Crippen molar-refractivity contribution in [2.75, 3.05) is 20.0 Å². The van der Waals surface area contributed by atoms with Crippen molar-refractivity contribution >= 4 is 0 Å². The average Bonchev–Trinajstić information content (AvgIpc) is 2.34. The molecule has 0 saturated heterocycles. The zero-order chi connectivity index (χ0) is 18.7. The van der Waals surface area contributed by atoms with Crippen LogP contribution in [-0.2, 0) is 14.2 Å². The Balaban J connectivity index is 5.55. The Morgan fingerprint density at radius 3 is 1.43 bits per heavy atom. The van der Waals surface area contributed by atoms with Crippen molar-refractivity contribution in [3.8, 4) is 0 Å². The molecule has 0 aromatic heterocycles. The molecule has 0 aromatic carbocycles. The standard InChI is InChI=1S/C9H9F11O3/c1-5(12,13)4-21-9(20,23-7(16,17)3-11)8(18,19)22-6(14,15)2-10/h2-4H2,1H3. The molecule has 23 heavy (non-hydrogen) atoms. The molecular formula is C9H9F11O3. The number of ether oxygens (including phenoxy) is 3. The third kappa shape index (κ3) is 7.03. The fourth-order valence-corrected chi connectivity index (χ4v) is 0.888. The van der Waals surface area contributed by atoms with E-state index in [1.165, 1.54) is 0 Å². The first-order valence-corrected chi connectivity index (χ1v) is 5.36. The van der Waals surface area contributed by atoms with Gasteiger partial charge in [-0.2, -0.15) is 30.7 Å². The minimum absolute atomic E-state index is 0.0457. The van der Waals surface area contributed by atoms with E-state index in [4.69, 9.17) is 0 Å². The largest absolute Gasteiger partial charge is 0.448 e. The van der Waals surface area contributed by atoms with Gasteiger partial charge in [-0.05, 0) is 0 Å². The third-order valence-corrected chi connectivity index (χ3v) is 1.73. The van der Waals surface area contributed by atoms with Crippen LogP contribution in [0.3, 0.4) is 0 Å². The van der Waals surface area contributed by atoms with E-state index in [1.807, 2.05) is 0 Å². The van der Waals surface area contributed by atoms with Gasteiger partial charge in [0.05, 0.1) is 0 Å². The summed E-state index contributed by atoms with van der Waals surface area (Å²) in [6, 6.07) is -5.78. The fraction of sp³-hybridized carbons (Fsp3) is 1.00. The minimum atomic E-state index is -6.22. The monoisotopic (exact) mass is 374 g/mol. The number of alkyl halides is 11. The highest BCUT2D eigenvalue weighted by atomic mass is 19.3. The van der Waals surface area contributed by atoms with E-state index in [0.29, 0.717) is 0 Å². The minimum Gasteiger partial charge on any atom is -0.311 e. The summed E-state index contributed by atoms with van der Waals surface area (Å²) in [5.41, 5.74) is 0. The highest BCUT2D eigenvalue weighted by Gasteiger charge is 2.68. The van der Waals surface area contributed by atoms with Crippen LogP contribution in [0.1, 0.15) is 6.92 Å². The van der Waals surface area contributed by atoms with Gasteiger partial charge in [-0.1, -0.05) is 0 Å². The SMILES string of the molecule is CC(F)(F)COC(F)(OC(F)(F)CF)C(F)(F)OC(F)(F)CF. The van der Waals surface area contributed by atoms with Crippen molar-refractivity contribution in [1.82, 2.24) is 0 Å². The van der Waals surface area contributed by atoms with Crippen molar-refractivity contribution in [3.05, 3.63) is 0 Å². The predicted molar refractivity (Wildman–Crippen MR) is 49.4 cm³/mol. The predicted octanol–water partition coefficient (Wildman–Crippen LogP) is 4.03. The number of hydrogen-bond acceptors (Lipinski definition) is 3. The quantitative estimate of drug-likeness (QED) is 0.427. The van der Waals surface area contributed by atoms with Gasteiger partial charge in [0.1, 0.15) is 6.61 Å². The van der Waals surface area contributed by atoms with Gasteiger partial charge in [0.15, 0.2) is 13.3 Å². The number of halogens is 11. The van der Waals surface area contributed by atoms with E-state index in [-0.39, 0.29) is 6.92 Å². The smallest absolute Gasteiger partial charge is 0.311 e. The average molecular weight is 374 g/mol. The third-order valence-electron chi connectivity index (χ3n) is 1.73. The lowest BCUT2D eigenvalue weighted by Gasteiger charge is -2.35. The van der Waals surface area contributed by atoms with E-state index >= 15 is 0 Å². The van der Waals surface area contributed by atoms with Crippen LogP contribution < -0.4 is 0 Å². The van der Waals surface area contributed by atoms with Crippen LogP contribution in [0.4, 0.5) is 48.3 Å². The zero-order valence-electron chi connectivity index (χ0n) is 11.0. The molecule has 0 heterocycles. The van der Waals surface area contributed by atoms with Crippen molar-refractivity contribution in [3.63, 3.8) is 0 Å². The molecule has 0 bridgehead atoms. The van der Waals surface area contributed by atoms with Gasteiger partial charge < -0.3 is 4.74 Å². The van der Waals surface area contributed by atoms with E-state index < -0.39 is 50.2 Å². The van der Waals surface area contributed by atoms with Crippen molar-refractivity contribution in [2.24, 2.45) is 0 Å². The lowest BCUT2D eigenvalue weighted by molar-refractivity contribution is -0.542. The lowest BCUT2D eigenvalue weighted by Crippen LogP contribution is -2.57. The second-order valence-electron chi connectivity index (χ2n) is 4.16. The van der Waals surface area contributed by atoms with Crippen LogP contribution in [0, 0.1) is 0 Å². The Bertz CT molecular complexity index is 383. The van der Waals surface area contributed by atoms with Gasteiger partial charge in [-0.3, -0.25) is 0 Å². The Kier molecular flexibility index (Phi) is 6.66. The van der Waals surface area contributed by atoms with Crippen LogP contribution in [0.2, 0.25) is 0 Å². The molecule has 0 aliphatic heterocycles. The molecule has 0 amide bonds. The molecule has 0 fully saturated rings. The summed E-state index contributed by atoms with van der Waals surface area (Å²) in [4.78, 5) is 0. The van der Waals surface area contributed by atoms with E-state index in [9.17, 15) is 48.3 Å². The molecule has 1 unspecified atom stereocenters. The van der Waals surface area contributed by atoms with Gasteiger partial charge in [0.25, 0.3) is 5.92 Å². The van der Waals surface area contributed by atoms with Gasteiger partial charge >= 0.3 is 24.4 Å². The molecule has 3 nitrogen and oxygen atoms in total. The molecule has 0 aromatic rings. The Morgan fingerprint density at radius 1 is 0.696 bits per heavy atom. The van der Waals surface area contributed by atoms with Crippen LogP contribution in [0.25, 0.3) is 0 Å². The highest BCUT2D eigenvalue weighted by Crippen LogP contribution is 2.43. The number of rotatable bonds is 10. The van der Waals surface area contributed by atoms with Crippen LogP contribution in [0.15, 0.2) is 0 Å². The normalized spacial score (nSPS) is 17.2. The highest BCUT2D eigenvalue weighted by molar-refractivity contribution is 4.75. The van der Waals surface area contributed by atoms with E-state index in [2.05, 4.69) is 14.2 Å². The van der Waals surface area contributed by atoms with Gasteiger partial charge in [0, 0.05) is 6.92 Å². The first kappa shape index (κ1) is 22.1. The molecule has 140 valence electrons. The first-order chi connectivity index (χ1) is 9.99. The molecule has 0 aliphatic carbocycles. The van der Waals surface area contributed by atoms with Crippen molar-refractivity contribution in [2.45, 2.75) is 37.2 Å². The van der Waals surface area contributed by atoms with Crippen LogP contribution in [-0.4, -0.2) is 50.2 Å². The lowest BCUT2D eigenvalue weighted by atomic mass is 10.4. The molecule has 14 heteroatoms. The Morgan fingerprint density at radius 2 is 1.09 bits per heavy atom. The summed E-state index contributed by atoms with van der Waals surface area (Å²) < 4.78 is 146. The summed E-state index contributed by atoms with van der Waals surface area (Å²) >= 11 is 0. The van der Waals surface area contributed by atoms with Crippen LogP contribution >= 0.6 is 0 Å². The summed E-state index contributed by atoms with van der Waals surface area (Å²) in [6.07, 6.45) is -17.0. The molecule has 0 N–H and O–H groups in total. The molecular weight excluding hydrogens is 365 g/mol. The van der Waals surface area contributed by atoms with Gasteiger partial charge in [-0.15, -0.1) is 0 Å². The van der Waals surface area contributed by atoms with Gasteiger partial charge in [-0.25, -0.2) is 27.0 Å². The second-order valence-corrected chi connectivity index (χ2v) is 4.16. The maximum absolute atomic E-state index is 13.7. The van der Waals surface area contributed by atoms with Gasteiger partial charge in [0.2, 0.25) is 0 Å². The second kappa shape index (κ2) is 6.93. The molecule has 0 aliphatic rings. The van der Waals surface area contributed by atoms with Crippen LogP contribution in [0.5, 0.6) is 0 Å². The number of hydrogen-bond donors (Lipinski definition) is 0. The molecule has 0 rings (SSSR count). The summed E-state index contributed by atoms with van der Waals surface area (Å²) in [5.74, 6) is -4.11.